The predicted molar refractivity (Wildman–Crippen MR) is 71.6 cm³/mol. The Balaban J connectivity index is 2.02. The van der Waals surface area contributed by atoms with Crippen LogP contribution in [0.15, 0.2) is 10.7 Å². The van der Waals surface area contributed by atoms with Crippen molar-refractivity contribution in [3.05, 3.63) is 16.4 Å². The molecule has 6 nitrogen and oxygen atoms in total. The van der Waals surface area contributed by atoms with Crippen LogP contribution in [-0.2, 0) is 16.6 Å². The van der Waals surface area contributed by atoms with E-state index in [0.29, 0.717) is 36.1 Å². The van der Waals surface area contributed by atoms with Crippen molar-refractivity contribution in [3.63, 3.8) is 0 Å². The Morgan fingerprint density at radius 3 is 2.53 bits per heavy atom. The van der Waals surface area contributed by atoms with Gasteiger partial charge in [-0.05, 0) is 28.8 Å². The summed E-state index contributed by atoms with van der Waals surface area (Å²) in [4.78, 5) is 25.6. The summed E-state index contributed by atoms with van der Waals surface area (Å²) >= 11 is 3.33. The first-order chi connectivity index (χ1) is 9.04. The maximum atomic E-state index is 12.4. The molecule has 1 fully saturated rings. The molecule has 1 aliphatic rings. The third-order valence-corrected chi connectivity index (χ3v) is 3.99. The molecule has 7 heteroatoms. The number of ether oxygens (including phenoxy) is 1. The van der Waals surface area contributed by atoms with Crippen molar-refractivity contribution in [1.29, 1.82) is 0 Å². The minimum atomic E-state index is -0.186. The van der Waals surface area contributed by atoms with Gasteiger partial charge in [-0.25, -0.2) is 0 Å². The summed E-state index contributed by atoms with van der Waals surface area (Å²) < 4.78 is 6.98. The highest BCUT2D eigenvalue weighted by Gasteiger charge is 2.30. The van der Waals surface area contributed by atoms with Crippen LogP contribution < -0.4 is 0 Å². The van der Waals surface area contributed by atoms with Gasteiger partial charge in [-0.3, -0.25) is 14.3 Å². The third kappa shape index (κ3) is 2.80. The smallest absolute Gasteiger partial charge is 0.308 e. The lowest BCUT2D eigenvalue weighted by Gasteiger charge is -2.30. The standard InChI is InChI=1S/C12H16BrN3O3/c1-15-10(9(13)7-14-15)11(17)16-5-3-8(4-6-16)12(18)19-2/h7-8H,3-6H2,1-2H3. The van der Waals surface area contributed by atoms with Crippen LogP contribution in [0.2, 0.25) is 0 Å². The molecule has 1 aromatic rings. The average molecular weight is 330 g/mol. The summed E-state index contributed by atoms with van der Waals surface area (Å²) in [5.41, 5.74) is 0.538. The SMILES string of the molecule is COC(=O)C1CCN(C(=O)c2c(Br)cnn2C)CC1. The molecule has 0 bridgehead atoms. The van der Waals surface area contributed by atoms with Gasteiger partial charge >= 0.3 is 5.97 Å². The van der Waals surface area contributed by atoms with Crippen LogP contribution >= 0.6 is 15.9 Å². The maximum absolute atomic E-state index is 12.4. The second-order valence-electron chi connectivity index (χ2n) is 4.55. The summed E-state index contributed by atoms with van der Waals surface area (Å²) in [5.74, 6) is -0.340. The Morgan fingerprint density at radius 1 is 1.42 bits per heavy atom. The summed E-state index contributed by atoms with van der Waals surface area (Å²) in [5, 5.41) is 4.04. The van der Waals surface area contributed by atoms with Crippen molar-refractivity contribution in [2.45, 2.75) is 12.8 Å². The van der Waals surface area contributed by atoms with E-state index in [9.17, 15) is 9.59 Å². The minimum absolute atomic E-state index is 0.0600. The molecule has 0 aromatic carbocycles. The van der Waals surface area contributed by atoms with Crippen LogP contribution in [0.1, 0.15) is 23.3 Å². The van der Waals surface area contributed by atoms with Crippen molar-refractivity contribution in [1.82, 2.24) is 14.7 Å². The molecule has 0 spiro atoms. The first-order valence-electron chi connectivity index (χ1n) is 6.09. The van der Waals surface area contributed by atoms with Gasteiger partial charge in [0.25, 0.3) is 5.91 Å². The van der Waals surface area contributed by atoms with E-state index in [1.54, 1.807) is 22.8 Å². The summed E-state index contributed by atoms with van der Waals surface area (Å²) in [7, 11) is 3.13. The Morgan fingerprint density at radius 2 is 2.05 bits per heavy atom. The van der Waals surface area contributed by atoms with E-state index in [4.69, 9.17) is 4.74 Å². The zero-order valence-corrected chi connectivity index (χ0v) is 12.5. The van der Waals surface area contributed by atoms with Gasteiger partial charge in [-0.15, -0.1) is 0 Å². The fourth-order valence-electron chi connectivity index (χ4n) is 2.29. The number of rotatable bonds is 2. The number of hydrogen-bond donors (Lipinski definition) is 0. The molecule has 0 unspecified atom stereocenters. The van der Waals surface area contributed by atoms with Crippen LogP contribution in [0.5, 0.6) is 0 Å². The molecule has 1 aliphatic heterocycles. The first kappa shape index (κ1) is 14.0. The second kappa shape index (κ2) is 5.73. The summed E-state index contributed by atoms with van der Waals surface area (Å²) in [6, 6.07) is 0. The van der Waals surface area contributed by atoms with Crippen molar-refractivity contribution in [3.8, 4) is 0 Å². The van der Waals surface area contributed by atoms with Gasteiger partial charge in [0, 0.05) is 20.1 Å². The number of carbonyl (C=O) groups excluding carboxylic acids is 2. The normalized spacial score (nSPS) is 16.5. The van der Waals surface area contributed by atoms with E-state index >= 15 is 0 Å². The molecule has 2 heterocycles. The van der Waals surface area contributed by atoms with Crippen LogP contribution in [0.25, 0.3) is 0 Å². The maximum Gasteiger partial charge on any atom is 0.308 e. The number of piperidine rings is 1. The molecule has 19 heavy (non-hydrogen) atoms. The fourth-order valence-corrected chi connectivity index (χ4v) is 2.80. The van der Waals surface area contributed by atoms with Crippen molar-refractivity contribution in [2.75, 3.05) is 20.2 Å². The Hall–Kier alpha value is -1.37. The monoisotopic (exact) mass is 329 g/mol. The lowest BCUT2D eigenvalue weighted by Crippen LogP contribution is -2.41. The number of amides is 1. The minimum Gasteiger partial charge on any atom is -0.469 e. The van der Waals surface area contributed by atoms with E-state index in [0.717, 1.165) is 0 Å². The highest BCUT2D eigenvalue weighted by atomic mass is 79.9. The average Bonchev–Trinajstić information content (AvgIpc) is 2.77. The molecule has 0 aliphatic carbocycles. The van der Waals surface area contributed by atoms with E-state index in [-0.39, 0.29) is 17.8 Å². The largest absolute Gasteiger partial charge is 0.469 e. The molecule has 1 aromatic heterocycles. The molecule has 0 saturated carbocycles. The second-order valence-corrected chi connectivity index (χ2v) is 5.41. The quantitative estimate of drug-likeness (QED) is 0.765. The zero-order valence-electron chi connectivity index (χ0n) is 10.9. The molecule has 0 N–H and O–H groups in total. The highest BCUT2D eigenvalue weighted by molar-refractivity contribution is 9.10. The molecule has 2 rings (SSSR count). The number of aryl methyl sites for hydroxylation is 1. The molecular weight excluding hydrogens is 314 g/mol. The third-order valence-electron chi connectivity index (χ3n) is 3.41. The van der Waals surface area contributed by atoms with Crippen molar-refractivity contribution >= 4 is 27.8 Å². The van der Waals surface area contributed by atoms with Crippen LogP contribution in [0.3, 0.4) is 0 Å². The Bertz CT molecular complexity index is 473. The van der Waals surface area contributed by atoms with E-state index in [1.165, 1.54) is 7.11 Å². The zero-order chi connectivity index (χ0) is 14.0. The van der Waals surface area contributed by atoms with Gasteiger partial charge in [0.2, 0.25) is 0 Å². The first-order valence-corrected chi connectivity index (χ1v) is 6.88. The number of likely N-dealkylation sites (tertiary alicyclic amines) is 1. The molecule has 0 atom stereocenters. The number of halogens is 1. The lowest BCUT2D eigenvalue weighted by molar-refractivity contribution is -0.146. The highest BCUT2D eigenvalue weighted by Crippen LogP contribution is 2.22. The summed E-state index contributed by atoms with van der Waals surface area (Å²) in [6.45, 7) is 1.13. The van der Waals surface area contributed by atoms with Crippen LogP contribution in [0, 0.1) is 5.92 Å². The van der Waals surface area contributed by atoms with Gasteiger partial charge in [-0.1, -0.05) is 0 Å². The van der Waals surface area contributed by atoms with Crippen LogP contribution in [-0.4, -0.2) is 46.8 Å². The van der Waals surface area contributed by atoms with Gasteiger partial charge in [0.1, 0.15) is 5.69 Å². The predicted octanol–water partition coefficient (Wildman–Crippen LogP) is 1.21. The van der Waals surface area contributed by atoms with Crippen molar-refractivity contribution < 1.29 is 14.3 Å². The van der Waals surface area contributed by atoms with E-state index < -0.39 is 0 Å². The van der Waals surface area contributed by atoms with Crippen molar-refractivity contribution in [2.24, 2.45) is 13.0 Å². The van der Waals surface area contributed by atoms with Gasteiger partial charge in [0.05, 0.1) is 23.7 Å². The number of esters is 1. The van der Waals surface area contributed by atoms with E-state index in [2.05, 4.69) is 21.0 Å². The number of carbonyl (C=O) groups is 2. The number of methoxy groups -OCH3 is 1. The fraction of sp³-hybridized carbons (Fsp3) is 0.583. The van der Waals surface area contributed by atoms with Crippen LogP contribution in [0.4, 0.5) is 0 Å². The van der Waals surface area contributed by atoms with Gasteiger partial charge < -0.3 is 9.64 Å². The lowest BCUT2D eigenvalue weighted by atomic mass is 9.97. The molecule has 0 radical (unpaired) electrons. The summed E-state index contributed by atoms with van der Waals surface area (Å²) in [6.07, 6.45) is 2.90. The number of nitrogens with zero attached hydrogens (tertiary/aromatic N) is 3. The molecule has 1 amide bonds. The van der Waals surface area contributed by atoms with Gasteiger partial charge in [-0.2, -0.15) is 5.10 Å². The molecular formula is C12H16BrN3O3. The molecule has 1 saturated heterocycles. The van der Waals surface area contributed by atoms with Gasteiger partial charge in [0.15, 0.2) is 0 Å². The number of aromatic nitrogens is 2. The topological polar surface area (TPSA) is 64.4 Å². The Kier molecular flexibility index (Phi) is 4.24. The number of hydrogen-bond acceptors (Lipinski definition) is 4. The van der Waals surface area contributed by atoms with E-state index in [1.807, 2.05) is 0 Å². The Labute approximate surface area is 119 Å². The molecule has 104 valence electrons.